The van der Waals surface area contributed by atoms with E-state index in [-0.39, 0.29) is 17.2 Å². The fourth-order valence-corrected chi connectivity index (χ4v) is 6.74. The van der Waals surface area contributed by atoms with Crippen molar-refractivity contribution < 1.29 is 14.0 Å². The molecule has 0 aliphatic rings. The largest absolute Gasteiger partial charge is 0.456 e. The van der Waals surface area contributed by atoms with Gasteiger partial charge in [-0.05, 0) is 51.0 Å². The first-order chi connectivity index (χ1) is 18.1. The monoisotopic (exact) mass is 565 g/mol. The van der Waals surface area contributed by atoms with Crippen LogP contribution in [-0.2, 0) is 5.75 Å². The maximum Gasteiger partial charge on any atom is 0.284 e. The molecule has 38 heavy (non-hydrogen) atoms. The van der Waals surface area contributed by atoms with Crippen LogP contribution in [0.5, 0.6) is 0 Å². The number of H-pyrrole nitrogens is 1. The van der Waals surface area contributed by atoms with E-state index >= 15 is 0 Å². The van der Waals surface area contributed by atoms with Gasteiger partial charge in [-0.2, -0.15) is 0 Å². The highest BCUT2D eigenvalue weighted by atomic mass is 32.2. The van der Waals surface area contributed by atoms with Gasteiger partial charge in [0.25, 0.3) is 17.4 Å². The first kappa shape index (κ1) is 25.9. The van der Waals surface area contributed by atoms with E-state index in [1.807, 2.05) is 6.92 Å². The van der Waals surface area contributed by atoms with E-state index in [4.69, 9.17) is 10.2 Å². The average Bonchev–Trinajstić information content (AvgIpc) is 3.57. The smallest absolute Gasteiger partial charge is 0.284 e. The molecule has 0 fully saturated rings. The lowest BCUT2D eigenvalue weighted by molar-refractivity contribution is 0.0971. The van der Waals surface area contributed by atoms with Gasteiger partial charge >= 0.3 is 0 Å². The number of nitrogens with two attached hydrogens (primary N) is 1. The fourth-order valence-electron chi connectivity index (χ4n) is 3.95. The van der Waals surface area contributed by atoms with Crippen molar-refractivity contribution in [2.24, 2.45) is 5.73 Å². The molecule has 4 heterocycles. The van der Waals surface area contributed by atoms with Gasteiger partial charge in [-0.15, -0.1) is 34.4 Å². The van der Waals surface area contributed by atoms with Crippen molar-refractivity contribution in [3.05, 3.63) is 78.9 Å². The Morgan fingerprint density at radius 3 is 2.68 bits per heavy atom. The van der Waals surface area contributed by atoms with Crippen molar-refractivity contribution in [3.63, 3.8) is 0 Å². The highest BCUT2D eigenvalue weighted by molar-refractivity contribution is 7.98. The highest BCUT2D eigenvalue weighted by Crippen LogP contribution is 2.32. The number of hydrogen-bond acceptors (Lipinski definition) is 9. The minimum atomic E-state index is -0.668. The Morgan fingerprint density at radius 2 is 1.95 bits per heavy atom. The normalized spacial score (nSPS) is 11.3. The molecular formula is C26H23N5O4S3. The summed E-state index contributed by atoms with van der Waals surface area (Å²) in [4.78, 5) is 51.5. The number of furan rings is 1. The lowest BCUT2D eigenvalue weighted by Gasteiger charge is -2.06. The summed E-state index contributed by atoms with van der Waals surface area (Å²) in [5, 5.41) is 5.34. The van der Waals surface area contributed by atoms with Crippen LogP contribution in [0, 0.1) is 27.7 Å². The molecule has 0 aliphatic heterocycles. The number of hydrogen-bond donors (Lipinski definition) is 3. The number of aryl methyl sites for hydroxylation is 4. The number of anilines is 1. The predicted octanol–water partition coefficient (Wildman–Crippen LogP) is 5.58. The highest BCUT2D eigenvalue weighted by Gasteiger charge is 2.21. The molecule has 4 N–H and O–H groups in total. The van der Waals surface area contributed by atoms with Gasteiger partial charge < -0.3 is 15.1 Å². The number of rotatable bonds is 7. The minimum Gasteiger partial charge on any atom is -0.456 e. The number of amides is 2. The molecule has 0 saturated heterocycles. The second-order valence-electron chi connectivity index (χ2n) is 8.74. The summed E-state index contributed by atoms with van der Waals surface area (Å²) < 4.78 is 5.38. The van der Waals surface area contributed by atoms with Gasteiger partial charge in [0, 0.05) is 15.8 Å². The van der Waals surface area contributed by atoms with Gasteiger partial charge in [-0.3, -0.25) is 19.7 Å². The van der Waals surface area contributed by atoms with Gasteiger partial charge in [0.2, 0.25) is 0 Å². The van der Waals surface area contributed by atoms with Crippen LogP contribution in [0.3, 0.4) is 0 Å². The molecule has 0 unspecified atom stereocenters. The van der Waals surface area contributed by atoms with E-state index in [9.17, 15) is 14.4 Å². The van der Waals surface area contributed by atoms with E-state index in [1.165, 1.54) is 34.3 Å². The number of benzene rings is 1. The lowest BCUT2D eigenvalue weighted by atomic mass is 10.2. The molecule has 0 radical (unpaired) electrons. The van der Waals surface area contributed by atoms with Gasteiger partial charge in [-0.25, -0.2) is 9.97 Å². The van der Waals surface area contributed by atoms with E-state index in [0.717, 1.165) is 10.5 Å². The molecule has 1 aromatic carbocycles. The SMILES string of the molecule is Cc1ccc(C)c(SCc2nc3sc(C(=O)Nc4nc(-c5cc(C(N)=O)oc5C)cs4)c(C)c3c(=O)[nH]2)c1. The Balaban J connectivity index is 1.36. The van der Waals surface area contributed by atoms with Crippen molar-refractivity contribution in [2.75, 3.05) is 5.32 Å². The maximum atomic E-state index is 13.1. The Morgan fingerprint density at radius 1 is 1.16 bits per heavy atom. The molecule has 194 valence electrons. The minimum absolute atomic E-state index is 0.0431. The number of carbonyl (C=O) groups excluding carboxylic acids is 2. The van der Waals surface area contributed by atoms with Crippen LogP contribution in [0.4, 0.5) is 5.13 Å². The van der Waals surface area contributed by atoms with Crippen LogP contribution in [0.25, 0.3) is 21.5 Å². The molecule has 0 saturated carbocycles. The van der Waals surface area contributed by atoms with Crippen molar-refractivity contribution >= 4 is 61.6 Å². The van der Waals surface area contributed by atoms with Crippen molar-refractivity contribution in [1.82, 2.24) is 15.0 Å². The van der Waals surface area contributed by atoms with Crippen LogP contribution in [0.2, 0.25) is 0 Å². The second-order valence-corrected chi connectivity index (χ2v) is 11.6. The summed E-state index contributed by atoms with van der Waals surface area (Å²) in [5.41, 5.74) is 9.10. The molecule has 0 atom stereocenters. The number of aromatic nitrogens is 3. The molecule has 0 spiro atoms. The van der Waals surface area contributed by atoms with Gasteiger partial charge in [0.1, 0.15) is 16.4 Å². The number of thiophene rings is 1. The summed E-state index contributed by atoms with van der Waals surface area (Å²) >= 11 is 4.02. The summed E-state index contributed by atoms with van der Waals surface area (Å²) in [6, 6.07) is 7.79. The molecule has 5 aromatic rings. The molecule has 0 aliphatic carbocycles. The number of nitrogens with zero attached hydrogens (tertiary/aromatic N) is 2. The van der Waals surface area contributed by atoms with E-state index in [1.54, 1.807) is 31.0 Å². The average molecular weight is 566 g/mol. The van der Waals surface area contributed by atoms with Crippen molar-refractivity contribution in [2.45, 2.75) is 38.3 Å². The standard InChI is InChI=1S/C26H23N5O4S3/c1-11-5-6-12(2)18(7-11)36-10-19-29-23(33)20-13(3)21(38-25(20)30-19)24(34)31-26-28-16(9-37-26)15-8-17(22(27)32)35-14(15)4/h5-9H,10H2,1-4H3,(H2,27,32)(H,28,31,34)(H,29,30,33). The Kier molecular flexibility index (Phi) is 6.95. The van der Waals surface area contributed by atoms with E-state index < -0.39 is 5.91 Å². The zero-order valence-electron chi connectivity index (χ0n) is 20.9. The Bertz CT molecular complexity index is 1780. The van der Waals surface area contributed by atoms with Gasteiger partial charge in [-0.1, -0.05) is 17.7 Å². The van der Waals surface area contributed by atoms with Crippen LogP contribution >= 0.6 is 34.4 Å². The summed E-state index contributed by atoms with van der Waals surface area (Å²) in [5.74, 6) is 0.552. The van der Waals surface area contributed by atoms with Crippen LogP contribution in [0.15, 0.2) is 43.8 Å². The van der Waals surface area contributed by atoms with Crippen LogP contribution < -0.4 is 16.6 Å². The molecule has 0 bridgehead atoms. The number of thioether (sulfide) groups is 1. The van der Waals surface area contributed by atoms with Crippen molar-refractivity contribution in [3.8, 4) is 11.3 Å². The third kappa shape index (κ3) is 5.02. The fraction of sp³-hybridized carbons (Fsp3) is 0.192. The molecule has 5 rings (SSSR count). The number of aromatic amines is 1. The van der Waals surface area contributed by atoms with Crippen molar-refractivity contribution in [1.29, 1.82) is 0 Å². The topological polar surface area (TPSA) is 144 Å². The molecule has 4 aromatic heterocycles. The molecule has 9 nitrogen and oxygen atoms in total. The summed E-state index contributed by atoms with van der Waals surface area (Å²) in [6.07, 6.45) is 0. The summed E-state index contributed by atoms with van der Waals surface area (Å²) in [7, 11) is 0. The number of carbonyl (C=O) groups is 2. The first-order valence-electron chi connectivity index (χ1n) is 11.5. The van der Waals surface area contributed by atoms with Crippen LogP contribution in [0.1, 0.15) is 48.5 Å². The second kappa shape index (κ2) is 10.2. The van der Waals surface area contributed by atoms with Gasteiger partial charge in [0.15, 0.2) is 10.9 Å². The van der Waals surface area contributed by atoms with Crippen LogP contribution in [-0.4, -0.2) is 26.8 Å². The van der Waals surface area contributed by atoms with E-state index in [0.29, 0.717) is 54.4 Å². The quantitative estimate of drug-likeness (QED) is 0.219. The summed E-state index contributed by atoms with van der Waals surface area (Å²) in [6.45, 7) is 7.54. The molecule has 12 heteroatoms. The number of nitrogens with one attached hydrogen (secondary N) is 2. The number of primary amides is 1. The predicted molar refractivity (Wildman–Crippen MR) is 151 cm³/mol. The lowest BCUT2D eigenvalue weighted by Crippen LogP contribution is -2.13. The Labute approximate surface area is 229 Å². The number of fused-ring (bicyclic) bond motifs is 1. The third-order valence-corrected chi connectivity index (χ3v) is 9.04. The maximum absolute atomic E-state index is 13.1. The first-order valence-corrected chi connectivity index (χ1v) is 14.2. The van der Waals surface area contributed by atoms with Gasteiger partial charge in [0.05, 0.1) is 21.7 Å². The molecule has 2 amide bonds. The van der Waals surface area contributed by atoms with E-state index in [2.05, 4.69) is 45.4 Å². The number of thiazole rings is 1. The molecular weight excluding hydrogens is 543 g/mol. The zero-order valence-corrected chi connectivity index (χ0v) is 23.4. The zero-order chi connectivity index (χ0) is 27.1. The third-order valence-electron chi connectivity index (χ3n) is 5.93. The Hall–Kier alpha value is -3.74.